The maximum absolute atomic E-state index is 13.3. The Labute approximate surface area is 194 Å². The predicted octanol–water partition coefficient (Wildman–Crippen LogP) is 5.96. The van der Waals surface area contributed by atoms with Crippen molar-refractivity contribution in [3.8, 4) is 28.4 Å². The molecule has 0 aliphatic heterocycles. The monoisotopic (exact) mass is 440 g/mol. The fraction of sp³-hybridized carbons (Fsp3) is 0.179. The summed E-state index contributed by atoms with van der Waals surface area (Å²) < 4.78 is 13.0. The summed E-state index contributed by atoms with van der Waals surface area (Å²) in [6, 6.07) is 27.6. The van der Waals surface area contributed by atoms with Crippen molar-refractivity contribution in [3.63, 3.8) is 0 Å². The molecule has 0 fully saturated rings. The molecule has 0 saturated carbocycles. The second kappa shape index (κ2) is 9.65. The largest absolute Gasteiger partial charge is 0.493 e. The molecule has 1 unspecified atom stereocenters. The number of rotatable bonds is 7. The average Bonchev–Trinajstić information content (AvgIpc) is 3.21. The van der Waals surface area contributed by atoms with Gasteiger partial charge in [0.2, 0.25) is 0 Å². The quantitative estimate of drug-likeness (QED) is 0.386. The van der Waals surface area contributed by atoms with E-state index in [0.29, 0.717) is 17.1 Å². The van der Waals surface area contributed by atoms with Crippen molar-refractivity contribution in [2.75, 3.05) is 14.2 Å². The van der Waals surface area contributed by atoms with Crippen molar-refractivity contribution in [1.82, 2.24) is 9.88 Å². The molecule has 4 rings (SSSR count). The fourth-order valence-corrected chi connectivity index (χ4v) is 4.05. The van der Waals surface area contributed by atoms with Crippen LogP contribution >= 0.6 is 0 Å². The first-order valence-electron chi connectivity index (χ1n) is 10.9. The van der Waals surface area contributed by atoms with E-state index in [2.05, 4.69) is 9.88 Å². The number of carbonyl (C=O) groups excluding carboxylic acids is 1. The Morgan fingerprint density at radius 1 is 0.848 bits per heavy atom. The van der Waals surface area contributed by atoms with Crippen LogP contribution in [0, 0.1) is 6.92 Å². The van der Waals surface area contributed by atoms with Gasteiger partial charge in [-0.2, -0.15) is 0 Å². The molecule has 1 amide bonds. The molecular weight excluding hydrogens is 412 g/mol. The smallest absolute Gasteiger partial charge is 0.253 e. The lowest BCUT2D eigenvalue weighted by Crippen LogP contribution is -2.27. The van der Waals surface area contributed by atoms with Crippen molar-refractivity contribution >= 4 is 5.91 Å². The molecule has 1 heterocycles. The first-order chi connectivity index (χ1) is 16.0. The summed E-state index contributed by atoms with van der Waals surface area (Å²) in [6.45, 7) is 3.96. The second-order valence-corrected chi connectivity index (χ2v) is 7.88. The topological polar surface area (TPSA) is 52.5 Å². The molecule has 1 aromatic heterocycles. The van der Waals surface area contributed by atoms with Gasteiger partial charge in [-0.3, -0.25) is 4.79 Å². The van der Waals surface area contributed by atoms with Crippen LogP contribution in [0.4, 0.5) is 0 Å². The molecule has 5 nitrogen and oxygen atoms in total. The number of ether oxygens (including phenoxy) is 2. The van der Waals surface area contributed by atoms with Crippen LogP contribution in [0.1, 0.15) is 34.6 Å². The van der Waals surface area contributed by atoms with Crippen LogP contribution < -0.4 is 14.8 Å². The van der Waals surface area contributed by atoms with Gasteiger partial charge in [-0.1, -0.05) is 60.7 Å². The van der Waals surface area contributed by atoms with Gasteiger partial charge in [0.25, 0.3) is 5.91 Å². The summed E-state index contributed by atoms with van der Waals surface area (Å²) in [5.41, 5.74) is 5.37. The molecule has 4 aromatic rings. The third-order valence-corrected chi connectivity index (χ3v) is 5.83. The van der Waals surface area contributed by atoms with Gasteiger partial charge in [0, 0.05) is 17.4 Å². The van der Waals surface area contributed by atoms with Crippen LogP contribution in [-0.4, -0.2) is 24.7 Å². The summed E-state index contributed by atoms with van der Waals surface area (Å²) in [5.74, 6) is 1.17. The van der Waals surface area contributed by atoms with Gasteiger partial charge in [0.1, 0.15) is 0 Å². The van der Waals surface area contributed by atoms with E-state index in [-0.39, 0.29) is 11.9 Å². The van der Waals surface area contributed by atoms with Crippen molar-refractivity contribution in [1.29, 1.82) is 0 Å². The number of hydrogen-bond donors (Lipinski definition) is 1. The third kappa shape index (κ3) is 4.48. The highest BCUT2D eigenvalue weighted by Crippen LogP contribution is 2.34. The number of nitrogens with zero attached hydrogens (tertiary/aromatic N) is 1. The van der Waals surface area contributed by atoms with Gasteiger partial charge in [0.05, 0.1) is 31.5 Å². The summed E-state index contributed by atoms with van der Waals surface area (Å²) in [5, 5.41) is 3.14. The fourth-order valence-electron chi connectivity index (χ4n) is 4.05. The Morgan fingerprint density at radius 2 is 1.48 bits per heavy atom. The molecule has 0 aliphatic rings. The highest BCUT2D eigenvalue weighted by atomic mass is 16.5. The maximum Gasteiger partial charge on any atom is 0.253 e. The minimum atomic E-state index is -0.111. The van der Waals surface area contributed by atoms with Gasteiger partial charge >= 0.3 is 0 Å². The van der Waals surface area contributed by atoms with Crippen LogP contribution in [0.5, 0.6) is 11.5 Å². The predicted molar refractivity (Wildman–Crippen MR) is 131 cm³/mol. The first-order valence-corrected chi connectivity index (χ1v) is 10.9. The van der Waals surface area contributed by atoms with E-state index in [4.69, 9.17) is 9.47 Å². The normalized spacial score (nSPS) is 11.6. The summed E-state index contributed by atoms with van der Waals surface area (Å²) in [6.07, 6.45) is 0. The molecule has 1 atom stereocenters. The highest BCUT2D eigenvalue weighted by Gasteiger charge is 2.22. The molecule has 0 bridgehead atoms. The molecule has 3 aromatic carbocycles. The SMILES string of the molecule is COc1ccc(-n2c(-c3ccccc3)cc(C(=O)NC(C)c3ccccc3)c2C)cc1OC. The molecule has 1 N–H and O–H groups in total. The van der Waals surface area contributed by atoms with Crippen molar-refractivity contribution in [2.45, 2.75) is 19.9 Å². The molecule has 33 heavy (non-hydrogen) atoms. The van der Waals surface area contributed by atoms with Gasteiger partial charge < -0.3 is 19.4 Å². The van der Waals surface area contributed by atoms with Crippen LogP contribution in [0.25, 0.3) is 16.9 Å². The average molecular weight is 441 g/mol. The van der Waals surface area contributed by atoms with Crippen LogP contribution in [0.2, 0.25) is 0 Å². The van der Waals surface area contributed by atoms with Gasteiger partial charge in [-0.15, -0.1) is 0 Å². The number of carbonyl (C=O) groups is 1. The van der Waals surface area contributed by atoms with E-state index in [1.807, 2.05) is 98.8 Å². The van der Waals surface area contributed by atoms with E-state index in [1.54, 1.807) is 14.2 Å². The summed E-state index contributed by atoms with van der Waals surface area (Å²) in [7, 11) is 3.23. The minimum absolute atomic E-state index is 0.109. The van der Waals surface area contributed by atoms with Gasteiger partial charge in [0.15, 0.2) is 11.5 Å². The Morgan fingerprint density at radius 3 is 2.12 bits per heavy atom. The van der Waals surface area contributed by atoms with Crippen LogP contribution in [0.3, 0.4) is 0 Å². The van der Waals surface area contributed by atoms with Gasteiger partial charge in [-0.25, -0.2) is 0 Å². The van der Waals surface area contributed by atoms with Gasteiger partial charge in [-0.05, 0) is 43.2 Å². The maximum atomic E-state index is 13.3. The number of benzene rings is 3. The molecule has 168 valence electrons. The molecule has 0 radical (unpaired) electrons. The standard InChI is InChI=1S/C28H28N2O3/c1-19(21-11-7-5-8-12-21)29-28(31)24-18-25(22-13-9-6-10-14-22)30(20(24)2)23-15-16-26(32-3)27(17-23)33-4/h5-19H,1-4H3,(H,29,31). The summed E-state index contributed by atoms with van der Waals surface area (Å²) in [4.78, 5) is 13.3. The molecular formula is C28H28N2O3. The lowest BCUT2D eigenvalue weighted by atomic mass is 10.1. The molecule has 0 aliphatic carbocycles. The lowest BCUT2D eigenvalue weighted by Gasteiger charge is -2.16. The van der Waals surface area contributed by atoms with E-state index < -0.39 is 0 Å². The number of nitrogens with one attached hydrogen (secondary N) is 1. The zero-order valence-electron chi connectivity index (χ0n) is 19.3. The molecule has 0 spiro atoms. The molecule has 5 heteroatoms. The zero-order chi connectivity index (χ0) is 23.4. The minimum Gasteiger partial charge on any atom is -0.493 e. The second-order valence-electron chi connectivity index (χ2n) is 7.88. The number of aromatic nitrogens is 1. The first kappa shape index (κ1) is 22.2. The van der Waals surface area contributed by atoms with Crippen LogP contribution in [0.15, 0.2) is 84.9 Å². The van der Waals surface area contributed by atoms with E-state index in [9.17, 15) is 4.79 Å². The van der Waals surface area contributed by atoms with Crippen molar-refractivity contribution in [3.05, 3.63) is 102 Å². The lowest BCUT2D eigenvalue weighted by molar-refractivity contribution is 0.0939. The zero-order valence-corrected chi connectivity index (χ0v) is 19.3. The van der Waals surface area contributed by atoms with Crippen molar-refractivity contribution < 1.29 is 14.3 Å². The summed E-state index contributed by atoms with van der Waals surface area (Å²) >= 11 is 0. The number of amides is 1. The van der Waals surface area contributed by atoms with E-state index >= 15 is 0 Å². The Hall–Kier alpha value is -3.99. The van der Waals surface area contributed by atoms with Crippen molar-refractivity contribution in [2.24, 2.45) is 0 Å². The Balaban J connectivity index is 1.79. The number of hydrogen-bond acceptors (Lipinski definition) is 3. The third-order valence-electron chi connectivity index (χ3n) is 5.83. The van der Waals surface area contributed by atoms with E-state index in [0.717, 1.165) is 28.2 Å². The molecule has 0 saturated heterocycles. The van der Waals surface area contributed by atoms with Crippen LogP contribution in [-0.2, 0) is 0 Å². The highest BCUT2D eigenvalue weighted by molar-refractivity contribution is 5.97. The number of methoxy groups -OCH3 is 2. The Bertz CT molecular complexity index is 1250. The Kier molecular flexibility index (Phi) is 6.50. The van der Waals surface area contributed by atoms with E-state index in [1.165, 1.54) is 0 Å².